The quantitative estimate of drug-likeness (QED) is 0.844. The first-order chi connectivity index (χ1) is 8.34. The molecule has 3 rings (SSSR count). The lowest BCUT2D eigenvalue weighted by Gasteiger charge is -2.24. The van der Waals surface area contributed by atoms with E-state index in [9.17, 15) is 0 Å². The highest BCUT2D eigenvalue weighted by atomic mass is 16.5. The number of ether oxygens (including phenoxy) is 1. The Morgan fingerprint density at radius 1 is 1.41 bits per heavy atom. The number of rotatable bonds is 2. The highest BCUT2D eigenvalue weighted by Crippen LogP contribution is 2.32. The highest BCUT2D eigenvalue weighted by molar-refractivity contribution is 5.47. The van der Waals surface area contributed by atoms with E-state index in [1.165, 1.54) is 43.5 Å². The summed E-state index contributed by atoms with van der Waals surface area (Å²) < 4.78 is 5.67. The number of piperidine rings is 1. The van der Waals surface area contributed by atoms with E-state index in [4.69, 9.17) is 4.74 Å². The maximum Gasteiger partial charge on any atom is 0.122 e. The van der Waals surface area contributed by atoms with Gasteiger partial charge >= 0.3 is 0 Å². The molecule has 0 bridgehead atoms. The lowest BCUT2D eigenvalue weighted by atomic mass is 9.87. The molecule has 0 spiro atoms. The van der Waals surface area contributed by atoms with Crippen LogP contribution in [0.25, 0.3) is 0 Å². The van der Waals surface area contributed by atoms with Crippen molar-refractivity contribution in [2.45, 2.75) is 32.6 Å². The summed E-state index contributed by atoms with van der Waals surface area (Å²) in [5, 5.41) is 3.51. The van der Waals surface area contributed by atoms with Gasteiger partial charge in [0.15, 0.2) is 0 Å². The van der Waals surface area contributed by atoms with Gasteiger partial charge in [-0.15, -0.1) is 0 Å². The van der Waals surface area contributed by atoms with Crippen molar-refractivity contribution in [3.63, 3.8) is 0 Å². The summed E-state index contributed by atoms with van der Waals surface area (Å²) in [4.78, 5) is 0. The SMILES string of the molecule is Cc1ccc2c(c1CC1CCCNC1)CCO2. The number of hydrogen-bond acceptors (Lipinski definition) is 2. The van der Waals surface area contributed by atoms with Crippen molar-refractivity contribution >= 4 is 0 Å². The topological polar surface area (TPSA) is 21.3 Å². The second kappa shape index (κ2) is 4.69. The standard InChI is InChI=1S/C15H21NO/c1-11-4-5-15-13(6-8-17-15)14(11)9-12-3-2-7-16-10-12/h4-5,12,16H,2-3,6-10H2,1H3. The van der Waals surface area contributed by atoms with Gasteiger partial charge in [0.1, 0.15) is 5.75 Å². The Hall–Kier alpha value is -1.02. The van der Waals surface area contributed by atoms with Crippen LogP contribution in [0.2, 0.25) is 0 Å². The second-order valence-electron chi connectivity index (χ2n) is 5.35. The molecule has 1 unspecified atom stereocenters. The van der Waals surface area contributed by atoms with E-state index in [1.807, 2.05) is 0 Å². The Balaban J connectivity index is 1.84. The molecule has 92 valence electrons. The molecule has 1 fully saturated rings. The summed E-state index contributed by atoms with van der Waals surface area (Å²) in [5.74, 6) is 1.95. The fourth-order valence-corrected chi connectivity index (χ4v) is 3.13. The molecule has 2 heteroatoms. The number of fused-ring (bicyclic) bond motifs is 1. The van der Waals surface area contributed by atoms with Crippen molar-refractivity contribution in [1.29, 1.82) is 0 Å². The summed E-state index contributed by atoms with van der Waals surface area (Å²) in [6, 6.07) is 4.36. The summed E-state index contributed by atoms with van der Waals surface area (Å²) in [7, 11) is 0. The molecule has 1 N–H and O–H groups in total. The average molecular weight is 231 g/mol. The van der Waals surface area contributed by atoms with Gasteiger partial charge in [-0.2, -0.15) is 0 Å². The summed E-state index contributed by atoms with van der Waals surface area (Å²) in [6.45, 7) is 5.49. The number of benzene rings is 1. The van der Waals surface area contributed by atoms with Gasteiger partial charge in [-0.3, -0.25) is 0 Å². The lowest BCUT2D eigenvalue weighted by molar-refractivity contribution is 0.356. The van der Waals surface area contributed by atoms with E-state index in [1.54, 1.807) is 5.56 Å². The van der Waals surface area contributed by atoms with Crippen LogP contribution in [-0.2, 0) is 12.8 Å². The number of hydrogen-bond donors (Lipinski definition) is 1. The maximum absolute atomic E-state index is 5.67. The van der Waals surface area contributed by atoms with Gasteiger partial charge in [0.2, 0.25) is 0 Å². The maximum atomic E-state index is 5.67. The van der Waals surface area contributed by atoms with Crippen molar-refractivity contribution in [1.82, 2.24) is 5.32 Å². The molecule has 0 aliphatic carbocycles. The molecule has 1 aromatic rings. The predicted octanol–water partition coefficient (Wildman–Crippen LogP) is 2.47. The third-order valence-electron chi connectivity index (χ3n) is 4.12. The highest BCUT2D eigenvalue weighted by Gasteiger charge is 2.21. The number of nitrogens with one attached hydrogen (secondary N) is 1. The summed E-state index contributed by atoms with van der Waals surface area (Å²) >= 11 is 0. The van der Waals surface area contributed by atoms with Crippen molar-refractivity contribution < 1.29 is 4.74 Å². The van der Waals surface area contributed by atoms with E-state index >= 15 is 0 Å². The zero-order valence-corrected chi connectivity index (χ0v) is 10.6. The van der Waals surface area contributed by atoms with Gasteiger partial charge in [0, 0.05) is 12.0 Å². The predicted molar refractivity (Wildman–Crippen MR) is 69.7 cm³/mol. The number of aryl methyl sites for hydroxylation is 1. The Morgan fingerprint density at radius 3 is 3.18 bits per heavy atom. The summed E-state index contributed by atoms with van der Waals surface area (Å²) in [5.41, 5.74) is 4.49. The van der Waals surface area contributed by atoms with Crippen molar-refractivity contribution in [2.75, 3.05) is 19.7 Å². The molecule has 0 aromatic heterocycles. The van der Waals surface area contributed by atoms with Gasteiger partial charge in [-0.05, 0) is 62.4 Å². The Labute approximate surface area is 103 Å². The van der Waals surface area contributed by atoms with Crippen LogP contribution in [-0.4, -0.2) is 19.7 Å². The van der Waals surface area contributed by atoms with Crippen LogP contribution in [0.3, 0.4) is 0 Å². The fraction of sp³-hybridized carbons (Fsp3) is 0.600. The van der Waals surface area contributed by atoms with Gasteiger partial charge in [0.25, 0.3) is 0 Å². The normalized spacial score (nSPS) is 23.2. The third kappa shape index (κ3) is 2.19. The first-order valence-electron chi connectivity index (χ1n) is 6.79. The third-order valence-corrected chi connectivity index (χ3v) is 4.12. The van der Waals surface area contributed by atoms with E-state index in [0.29, 0.717) is 0 Å². The van der Waals surface area contributed by atoms with Crippen molar-refractivity contribution in [2.24, 2.45) is 5.92 Å². The zero-order valence-electron chi connectivity index (χ0n) is 10.6. The minimum atomic E-state index is 0.814. The molecule has 1 saturated heterocycles. The first kappa shape index (κ1) is 11.1. The smallest absolute Gasteiger partial charge is 0.122 e. The van der Waals surface area contributed by atoms with Crippen molar-refractivity contribution in [3.05, 3.63) is 28.8 Å². The lowest BCUT2D eigenvalue weighted by Crippen LogP contribution is -2.31. The Morgan fingerprint density at radius 2 is 2.35 bits per heavy atom. The molecule has 17 heavy (non-hydrogen) atoms. The Bertz CT molecular complexity index is 408. The molecule has 1 aromatic carbocycles. The molecule has 0 radical (unpaired) electrons. The molecule has 2 aliphatic rings. The van der Waals surface area contributed by atoms with Gasteiger partial charge in [-0.1, -0.05) is 6.07 Å². The second-order valence-corrected chi connectivity index (χ2v) is 5.35. The van der Waals surface area contributed by atoms with Gasteiger partial charge in [0.05, 0.1) is 6.61 Å². The fourth-order valence-electron chi connectivity index (χ4n) is 3.13. The van der Waals surface area contributed by atoms with Gasteiger partial charge < -0.3 is 10.1 Å². The molecule has 1 atom stereocenters. The van der Waals surface area contributed by atoms with Crippen LogP contribution in [0.1, 0.15) is 29.5 Å². The zero-order chi connectivity index (χ0) is 11.7. The van der Waals surface area contributed by atoms with Crippen LogP contribution in [0.4, 0.5) is 0 Å². The van der Waals surface area contributed by atoms with Gasteiger partial charge in [-0.25, -0.2) is 0 Å². The van der Waals surface area contributed by atoms with Crippen LogP contribution in [0.5, 0.6) is 5.75 Å². The monoisotopic (exact) mass is 231 g/mol. The van der Waals surface area contributed by atoms with E-state index in [-0.39, 0.29) is 0 Å². The Kier molecular flexibility index (Phi) is 3.06. The minimum Gasteiger partial charge on any atom is -0.493 e. The van der Waals surface area contributed by atoms with E-state index < -0.39 is 0 Å². The molecular weight excluding hydrogens is 210 g/mol. The van der Waals surface area contributed by atoms with E-state index in [0.717, 1.165) is 24.7 Å². The largest absolute Gasteiger partial charge is 0.493 e. The van der Waals surface area contributed by atoms with Crippen LogP contribution in [0, 0.1) is 12.8 Å². The van der Waals surface area contributed by atoms with Crippen molar-refractivity contribution in [3.8, 4) is 5.75 Å². The van der Waals surface area contributed by atoms with E-state index in [2.05, 4.69) is 24.4 Å². The minimum absolute atomic E-state index is 0.814. The molecule has 2 heterocycles. The molecule has 2 aliphatic heterocycles. The molecule has 2 nitrogen and oxygen atoms in total. The first-order valence-corrected chi connectivity index (χ1v) is 6.79. The average Bonchev–Trinajstić information content (AvgIpc) is 2.83. The molecule has 0 amide bonds. The van der Waals surface area contributed by atoms with Crippen LogP contribution >= 0.6 is 0 Å². The van der Waals surface area contributed by atoms with Crippen LogP contribution < -0.4 is 10.1 Å². The molecular formula is C15H21NO. The molecule has 0 saturated carbocycles. The summed E-state index contributed by atoms with van der Waals surface area (Å²) in [6.07, 6.45) is 5.03. The van der Waals surface area contributed by atoms with Crippen LogP contribution in [0.15, 0.2) is 12.1 Å².